The van der Waals surface area contributed by atoms with Gasteiger partial charge in [0, 0.05) is 6.42 Å². The van der Waals surface area contributed by atoms with Crippen LogP contribution in [-0.4, -0.2) is 61.0 Å². The fourth-order valence-electron chi connectivity index (χ4n) is 2.69. The summed E-state index contributed by atoms with van der Waals surface area (Å²) in [5.41, 5.74) is 11.7. The minimum absolute atomic E-state index is 0.0463. The van der Waals surface area contributed by atoms with Crippen molar-refractivity contribution in [3.05, 3.63) is 6.33 Å². The van der Waals surface area contributed by atoms with Crippen LogP contribution in [0.4, 0.5) is 11.8 Å². The van der Waals surface area contributed by atoms with Crippen molar-refractivity contribution in [2.24, 2.45) is 0 Å². The molecule has 126 valence electrons. The molecule has 1 aliphatic carbocycles. The molecule has 2 aromatic rings. The lowest BCUT2D eigenvalue weighted by molar-refractivity contribution is -0.0173. The second kappa shape index (κ2) is 5.24. The topological polar surface area (TPSA) is 200 Å². The Bertz CT molecular complexity index is 853. The summed E-state index contributed by atoms with van der Waals surface area (Å²) in [6.45, 7) is 0. The van der Waals surface area contributed by atoms with E-state index in [1.54, 1.807) is 0 Å². The van der Waals surface area contributed by atoms with Crippen LogP contribution in [0.15, 0.2) is 6.33 Å². The molecule has 0 bridgehead atoms. The van der Waals surface area contributed by atoms with Crippen LogP contribution < -0.4 is 11.5 Å². The maximum atomic E-state index is 10.8. The van der Waals surface area contributed by atoms with E-state index in [-0.39, 0.29) is 29.4 Å². The predicted molar refractivity (Wildman–Crippen MR) is 76.2 cm³/mol. The number of aliphatic hydroxyl groups is 2. The molecule has 1 fully saturated rings. The van der Waals surface area contributed by atoms with Gasteiger partial charge in [-0.2, -0.15) is 18.4 Å². The zero-order valence-electron chi connectivity index (χ0n) is 11.5. The summed E-state index contributed by atoms with van der Waals surface area (Å²) in [5.74, 6) is -0.0551. The number of aromatic nitrogens is 4. The summed E-state index contributed by atoms with van der Waals surface area (Å²) in [5, 5.41) is 20.0. The van der Waals surface area contributed by atoms with Gasteiger partial charge in [-0.05, 0) is 0 Å². The molecule has 1 saturated carbocycles. The first-order valence-corrected chi connectivity index (χ1v) is 7.81. The molecule has 0 amide bonds. The number of nitrogen functional groups attached to an aromatic ring is 2. The minimum atomic E-state index is -4.77. The first-order chi connectivity index (χ1) is 10.7. The van der Waals surface area contributed by atoms with Crippen molar-refractivity contribution >= 4 is 33.3 Å². The Kier molecular flexibility index (Phi) is 3.61. The Morgan fingerprint density at radius 1 is 1.26 bits per heavy atom. The van der Waals surface area contributed by atoms with Gasteiger partial charge in [0.1, 0.15) is 23.8 Å². The van der Waals surface area contributed by atoms with E-state index < -0.39 is 34.8 Å². The molecule has 1 aliphatic rings. The number of anilines is 2. The van der Waals surface area contributed by atoms with Crippen molar-refractivity contribution in [2.75, 3.05) is 11.5 Å². The summed E-state index contributed by atoms with van der Waals surface area (Å²) < 4.78 is 36.1. The molecule has 2 heterocycles. The van der Waals surface area contributed by atoms with Crippen molar-refractivity contribution in [1.82, 2.24) is 19.5 Å². The Morgan fingerprint density at radius 3 is 2.61 bits per heavy atom. The van der Waals surface area contributed by atoms with E-state index in [1.807, 2.05) is 0 Å². The molecule has 13 heteroatoms. The van der Waals surface area contributed by atoms with E-state index in [0.717, 1.165) is 0 Å². The first kappa shape index (κ1) is 15.8. The van der Waals surface area contributed by atoms with Gasteiger partial charge in [0.25, 0.3) is 0 Å². The van der Waals surface area contributed by atoms with E-state index in [1.165, 1.54) is 10.9 Å². The molecule has 4 atom stereocenters. The number of fused-ring (bicyclic) bond motifs is 1. The summed E-state index contributed by atoms with van der Waals surface area (Å²) in [4.78, 5) is 11.8. The minimum Gasteiger partial charge on any atom is -0.388 e. The van der Waals surface area contributed by atoms with E-state index in [0.29, 0.717) is 0 Å². The Morgan fingerprint density at radius 2 is 1.96 bits per heavy atom. The van der Waals surface area contributed by atoms with Crippen LogP contribution in [0, 0.1) is 0 Å². The van der Waals surface area contributed by atoms with Gasteiger partial charge >= 0.3 is 10.4 Å². The lowest BCUT2D eigenvalue weighted by Gasteiger charge is -2.17. The standard InChI is InChI=1S/C10H14N6O6S/c11-8-5-9(15-10(12)14-8)16(2-13-5)3-1-4(7(18)6(3)17)22-23(19,20)21/h2-4,6-7,17-18H,1H2,(H,19,20,21)(H4,11,12,14,15)/t3-,4+,6+,7-/m1/s1. The zero-order chi connectivity index (χ0) is 16.9. The monoisotopic (exact) mass is 346 g/mol. The van der Waals surface area contributed by atoms with Gasteiger partial charge in [0.2, 0.25) is 5.95 Å². The van der Waals surface area contributed by atoms with E-state index in [4.69, 9.17) is 16.0 Å². The van der Waals surface area contributed by atoms with Gasteiger partial charge in [0.15, 0.2) is 11.5 Å². The molecule has 0 spiro atoms. The summed E-state index contributed by atoms with van der Waals surface area (Å²) in [6, 6.07) is -0.810. The molecule has 23 heavy (non-hydrogen) atoms. The number of aliphatic hydroxyl groups excluding tert-OH is 2. The van der Waals surface area contributed by atoms with E-state index in [9.17, 15) is 18.6 Å². The highest BCUT2D eigenvalue weighted by atomic mass is 32.3. The average molecular weight is 346 g/mol. The van der Waals surface area contributed by atoms with Crippen LogP contribution in [0.25, 0.3) is 11.2 Å². The summed E-state index contributed by atoms with van der Waals surface area (Å²) in [6.07, 6.45) is -3.03. The molecule has 0 saturated heterocycles. The fourth-order valence-corrected chi connectivity index (χ4v) is 3.20. The number of imidazole rings is 1. The lowest BCUT2D eigenvalue weighted by atomic mass is 10.2. The van der Waals surface area contributed by atoms with Crippen LogP contribution in [0.1, 0.15) is 12.5 Å². The van der Waals surface area contributed by atoms with Crippen LogP contribution in [0.2, 0.25) is 0 Å². The van der Waals surface area contributed by atoms with Gasteiger partial charge in [-0.3, -0.25) is 4.55 Å². The molecule has 0 aromatic carbocycles. The SMILES string of the molecule is Nc1nc(N)c2ncn([C@@H]3C[C@H](OS(=O)(=O)O)[C@@H](O)[C@H]3O)c2n1. The number of hydrogen-bond acceptors (Lipinski definition) is 10. The summed E-state index contributed by atoms with van der Waals surface area (Å²) >= 11 is 0. The molecule has 0 radical (unpaired) electrons. The predicted octanol–water partition coefficient (Wildman–Crippen LogP) is -2.15. The van der Waals surface area contributed by atoms with Crippen molar-refractivity contribution < 1.29 is 27.4 Å². The van der Waals surface area contributed by atoms with Gasteiger partial charge in [-0.1, -0.05) is 0 Å². The number of nitrogens with two attached hydrogens (primary N) is 2. The summed E-state index contributed by atoms with van der Waals surface area (Å²) in [7, 11) is -4.77. The normalized spacial score (nSPS) is 28.5. The third-order valence-electron chi connectivity index (χ3n) is 3.67. The highest BCUT2D eigenvalue weighted by molar-refractivity contribution is 7.80. The highest BCUT2D eigenvalue weighted by Crippen LogP contribution is 2.35. The lowest BCUT2D eigenvalue weighted by Crippen LogP contribution is -2.33. The molecule has 7 N–H and O–H groups in total. The van der Waals surface area contributed by atoms with Gasteiger partial charge in [-0.25, -0.2) is 9.17 Å². The molecule has 0 unspecified atom stereocenters. The van der Waals surface area contributed by atoms with E-state index in [2.05, 4.69) is 19.1 Å². The maximum absolute atomic E-state index is 10.8. The van der Waals surface area contributed by atoms with Crippen molar-refractivity contribution in [3.8, 4) is 0 Å². The Balaban J connectivity index is 1.99. The second-order valence-electron chi connectivity index (χ2n) is 5.14. The fraction of sp³-hybridized carbons (Fsp3) is 0.500. The van der Waals surface area contributed by atoms with Gasteiger partial charge < -0.3 is 26.2 Å². The first-order valence-electron chi connectivity index (χ1n) is 6.44. The van der Waals surface area contributed by atoms with Crippen molar-refractivity contribution in [3.63, 3.8) is 0 Å². The molecular formula is C10H14N6O6S. The van der Waals surface area contributed by atoms with E-state index >= 15 is 0 Å². The number of hydrogen-bond donors (Lipinski definition) is 5. The third kappa shape index (κ3) is 2.79. The third-order valence-corrected chi connectivity index (χ3v) is 4.16. The largest absolute Gasteiger partial charge is 0.397 e. The van der Waals surface area contributed by atoms with Crippen molar-refractivity contribution in [2.45, 2.75) is 30.8 Å². The molecule has 2 aromatic heterocycles. The average Bonchev–Trinajstić information content (AvgIpc) is 2.94. The smallest absolute Gasteiger partial charge is 0.388 e. The van der Waals surface area contributed by atoms with Crippen LogP contribution in [-0.2, 0) is 14.6 Å². The van der Waals surface area contributed by atoms with Gasteiger partial charge in [0.05, 0.1) is 12.4 Å². The van der Waals surface area contributed by atoms with Crippen LogP contribution in [0.3, 0.4) is 0 Å². The second-order valence-corrected chi connectivity index (χ2v) is 6.19. The van der Waals surface area contributed by atoms with Crippen molar-refractivity contribution in [1.29, 1.82) is 0 Å². The molecular weight excluding hydrogens is 332 g/mol. The quantitative estimate of drug-likeness (QED) is 0.379. The molecule has 0 aliphatic heterocycles. The van der Waals surface area contributed by atoms with Crippen LogP contribution in [0.5, 0.6) is 0 Å². The Labute approximate surface area is 129 Å². The highest BCUT2D eigenvalue weighted by Gasteiger charge is 2.45. The van der Waals surface area contributed by atoms with Gasteiger partial charge in [-0.15, -0.1) is 0 Å². The zero-order valence-corrected chi connectivity index (χ0v) is 12.3. The number of nitrogens with zero attached hydrogens (tertiary/aromatic N) is 4. The Hall–Kier alpha value is -2.06. The number of rotatable bonds is 3. The molecule has 3 rings (SSSR count). The van der Waals surface area contributed by atoms with Crippen LogP contribution >= 0.6 is 0 Å². The maximum Gasteiger partial charge on any atom is 0.397 e. The molecule has 12 nitrogen and oxygen atoms in total.